The van der Waals surface area contributed by atoms with Crippen LogP contribution in [0.3, 0.4) is 0 Å². The lowest BCUT2D eigenvalue weighted by molar-refractivity contribution is 0.157. The fourth-order valence-electron chi connectivity index (χ4n) is 6.27. The van der Waals surface area contributed by atoms with Gasteiger partial charge in [-0.15, -0.1) is 0 Å². The molecule has 0 unspecified atom stereocenters. The van der Waals surface area contributed by atoms with Crippen LogP contribution in [0.5, 0.6) is 0 Å². The van der Waals surface area contributed by atoms with Crippen molar-refractivity contribution in [3.05, 3.63) is 71.8 Å². The molecule has 0 amide bonds. The minimum atomic E-state index is 0.316. The molecule has 138 valence electrons. The van der Waals surface area contributed by atoms with Gasteiger partial charge in [0.2, 0.25) is 0 Å². The van der Waals surface area contributed by atoms with Crippen molar-refractivity contribution in [3.8, 4) is 0 Å². The summed E-state index contributed by atoms with van der Waals surface area (Å²) in [7, 11) is 0. The van der Waals surface area contributed by atoms with Gasteiger partial charge in [-0.3, -0.25) is 0 Å². The number of hydrogen-bond acceptors (Lipinski definition) is 0. The first kappa shape index (κ1) is 17.8. The summed E-state index contributed by atoms with van der Waals surface area (Å²) in [5.74, 6) is 0. The van der Waals surface area contributed by atoms with Crippen LogP contribution in [-0.2, 0) is 10.8 Å². The zero-order chi connectivity index (χ0) is 17.7. The molecule has 26 heavy (non-hydrogen) atoms. The maximum Gasteiger partial charge on any atom is 0.00498 e. The molecule has 2 fully saturated rings. The quantitative estimate of drug-likeness (QED) is 0.503. The predicted octanol–water partition coefficient (Wildman–Crippen LogP) is 7.57. The smallest absolute Gasteiger partial charge is 0.00498 e. The number of benzene rings is 2. The van der Waals surface area contributed by atoms with Crippen molar-refractivity contribution >= 4 is 0 Å². The van der Waals surface area contributed by atoms with Crippen LogP contribution in [0.2, 0.25) is 0 Å². The van der Waals surface area contributed by atoms with Gasteiger partial charge in [-0.05, 0) is 36.8 Å². The van der Waals surface area contributed by atoms with E-state index in [1.807, 2.05) is 0 Å². The second-order valence-electron chi connectivity index (χ2n) is 8.72. The van der Waals surface area contributed by atoms with Crippen molar-refractivity contribution in [3.63, 3.8) is 0 Å². The van der Waals surface area contributed by atoms with Crippen LogP contribution >= 0.6 is 0 Å². The van der Waals surface area contributed by atoms with E-state index in [4.69, 9.17) is 0 Å². The van der Waals surface area contributed by atoms with Crippen LogP contribution in [0.4, 0.5) is 0 Å². The molecule has 0 aromatic heterocycles. The van der Waals surface area contributed by atoms with Crippen molar-refractivity contribution in [2.24, 2.45) is 0 Å². The third kappa shape index (κ3) is 3.13. The van der Waals surface area contributed by atoms with Gasteiger partial charge in [-0.25, -0.2) is 0 Å². The first-order valence-corrected chi connectivity index (χ1v) is 11.0. The van der Waals surface area contributed by atoms with Gasteiger partial charge in [0.1, 0.15) is 0 Å². The summed E-state index contributed by atoms with van der Waals surface area (Å²) in [4.78, 5) is 0. The summed E-state index contributed by atoms with van der Waals surface area (Å²) in [5, 5.41) is 0. The molecule has 0 heterocycles. The maximum absolute atomic E-state index is 2.45. The molecule has 2 aromatic carbocycles. The Bertz CT molecular complexity index is 592. The fourth-order valence-corrected chi connectivity index (χ4v) is 6.27. The second-order valence-corrected chi connectivity index (χ2v) is 8.72. The Labute approximate surface area is 160 Å². The van der Waals surface area contributed by atoms with Crippen LogP contribution in [-0.4, -0.2) is 0 Å². The Kier molecular flexibility index (Phi) is 5.48. The Balaban J connectivity index is 1.92. The summed E-state index contributed by atoms with van der Waals surface area (Å²) in [6.45, 7) is 0. The highest BCUT2D eigenvalue weighted by atomic mass is 14.5. The van der Waals surface area contributed by atoms with Crippen LogP contribution in [0.25, 0.3) is 0 Å². The lowest BCUT2D eigenvalue weighted by Gasteiger charge is -2.52. The molecule has 2 aromatic rings. The van der Waals surface area contributed by atoms with Crippen LogP contribution in [0.1, 0.15) is 88.2 Å². The highest BCUT2D eigenvalue weighted by Gasteiger charge is 2.52. The van der Waals surface area contributed by atoms with E-state index < -0.39 is 0 Å². The molecule has 2 aliphatic carbocycles. The Morgan fingerprint density at radius 3 is 1.00 bits per heavy atom. The molecule has 0 nitrogen and oxygen atoms in total. The van der Waals surface area contributed by atoms with Crippen molar-refractivity contribution in [2.75, 3.05) is 0 Å². The van der Waals surface area contributed by atoms with Gasteiger partial charge < -0.3 is 0 Å². The molecule has 0 heteroatoms. The van der Waals surface area contributed by atoms with Crippen molar-refractivity contribution in [2.45, 2.75) is 87.9 Å². The minimum absolute atomic E-state index is 0.316. The van der Waals surface area contributed by atoms with Crippen LogP contribution < -0.4 is 0 Å². The highest BCUT2D eigenvalue weighted by molar-refractivity contribution is 5.40. The molecule has 0 aliphatic heterocycles. The molecule has 2 aliphatic rings. The molecule has 0 radical (unpaired) electrons. The Hall–Kier alpha value is -1.56. The first-order valence-electron chi connectivity index (χ1n) is 11.0. The third-order valence-electron chi connectivity index (χ3n) is 7.48. The standard InChI is InChI=1S/C26H34/c1-2-12-20-25(19-11-1,23-15-7-5-8-16-23)26(21-13-3-4-14-22-26)24-17-9-6-10-18-24/h5-10,15-18H,1-4,11-14,19-22H2. The highest BCUT2D eigenvalue weighted by Crippen LogP contribution is 2.57. The molecule has 0 atom stereocenters. The zero-order valence-electron chi connectivity index (χ0n) is 16.3. The SMILES string of the molecule is c1ccc(C2(C3(c4ccccc4)CCCCCC3)CCCCCC2)cc1. The Morgan fingerprint density at radius 1 is 0.385 bits per heavy atom. The molecule has 0 spiro atoms. The summed E-state index contributed by atoms with van der Waals surface area (Å²) in [6.07, 6.45) is 16.7. The molecule has 2 saturated carbocycles. The van der Waals surface area contributed by atoms with Gasteiger partial charge in [-0.2, -0.15) is 0 Å². The van der Waals surface area contributed by atoms with Gasteiger partial charge in [0, 0.05) is 10.8 Å². The maximum atomic E-state index is 2.45. The fraction of sp³-hybridized carbons (Fsp3) is 0.538. The van der Waals surface area contributed by atoms with Gasteiger partial charge in [0.25, 0.3) is 0 Å². The number of rotatable bonds is 3. The third-order valence-corrected chi connectivity index (χ3v) is 7.48. The summed E-state index contributed by atoms with van der Waals surface area (Å²) >= 11 is 0. The van der Waals surface area contributed by atoms with Gasteiger partial charge in [-0.1, -0.05) is 112 Å². The normalized spacial score (nSPS) is 22.9. The van der Waals surface area contributed by atoms with E-state index in [9.17, 15) is 0 Å². The topological polar surface area (TPSA) is 0 Å². The van der Waals surface area contributed by atoms with E-state index in [-0.39, 0.29) is 0 Å². The van der Waals surface area contributed by atoms with Crippen molar-refractivity contribution < 1.29 is 0 Å². The van der Waals surface area contributed by atoms with Crippen LogP contribution in [0.15, 0.2) is 60.7 Å². The van der Waals surface area contributed by atoms with E-state index in [1.54, 1.807) is 11.1 Å². The van der Waals surface area contributed by atoms with Gasteiger partial charge in [0.15, 0.2) is 0 Å². The number of hydrogen-bond donors (Lipinski definition) is 0. The van der Waals surface area contributed by atoms with Crippen molar-refractivity contribution in [1.29, 1.82) is 0 Å². The summed E-state index contributed by atoms with van der Waals surface area (Å²) in [5.41, 5.74) is 3.87. The lowest BCUT2D eigenvalue weighted by Crippen LogP contribution is -2.49. The largest absolute Gasteiger partial charge is 0.0622 e. The van der Waals surface area contributed by atoms with Crippen LogP contribution in [0, 0.1) is 0 Å². The van der Waals surface area contributed by atoms with E-state index in [0.29, 0.717) is 10.8 Å². The van der Waals surface area contributed by atoms with Gasteiger partial charge in [0.05, 0.1) is 0 Å². The molecule has 0 N–H and O–H groups in total. The average molecular weight is 347 g/mol. The minimum Gasteiger partial charge on any atom is -0.0622 e. The predicted molar refractivity (Wildman–Crippen MR) is 112 cm³/mol. The molecular weight excluding hydrogens is 312 g/mol. The molecular formula is C26H34. The van der Waals surface area contributed by atoms with E-state index >= 15 is 0 Å². The lowest BCUT2D eigenvalue weighted by atomic mass is 9.51. The molecule has 0 bridgehead atoms. The van der Waals surface area contributed by atoms with E-state index in [1.165, 1.54) is 77.0 Å². The Morgan fingerprint density at radius 2 is 0.692 bits per heavy atom. The molecule has 0 saturated heterocycles. The van der Waals surface area contributed by atoms with Crippen molar-refractivity contribution in [1.82, 2.24) is 0 Å². The zero-order valence-corrected chi connectivity index (χ0v) is 16.3. The molecule has 4 rings (SSSR count). The van der Waals surface area contributed by atoms with Gasteiger partial charge >= 0.3 is 0 Å². The summed E-state index contributed by atoms with van der Waals surface area (Å²) < 4.78 is 0. The van der Waals surface area contributed by atoms with E-state index in [2.05, 4.69) is 60.7 Å². The monoisotopic (exact) mass is 346 g/mol. The first-order chi connectivity index (χ1) is 12.9. The second kappa shape index (κ2) is 7.99. The summed E-state index contributed by atoms with van der Waals surface area (Å²) in [6, 6.07) is 23.3. The average Bonchev–Trinajstić information content (AvgIpc) is 3.12. The van der Waals surface area contributed by atoms with E-state index in [0.717, 1.165) is 0 Å².